The summed E-state index contributed by atoms with van der Waals surface area (Å²) in [7, 11) is 0. The number of aromatic nitrogens is 2. The minimum atomic E-state index is -0.263. The van der Waals surface area contributed by atoms with E-state index < -0.39 is 0 Å². The zero-order chi connectivity index (χ0) is 12.3. The van der Waals surface area contributed by atoms with Gasteiger partial charge in [0.1, 0.15) is 0 Å². The van der Waals surface area contributed by atoms with Crippen LogP contribution in [0.5, 0.6) is 0 Å². The van der Waals surface area contributed by atoms with Crippen LogP contribution >= 0.6 is 24.8 Å². The molecule has 0 aliphatic heterocycles. The first-order chi connectivity index (χ1) is 8.22. The molecule has 0 radical (unpaired) electrons. The van der Waals surface area contributed by atoms with Crippen LogP contribution in [0.2, 0.25) is 0 Å². The third-order valence-corrected chi connectivity index (χ3v) is 3.22. The van der Waals surface area contributed by atoms with E-state index in [-0.39, 0.29) is 48.3 Å². The van der Waals surface area contributed by atoms with E-state index in [0.29, 0.717) is 12.5 Å². The van der Waals surface area contributed by atoms with Crippen molar-refractivity contribution in [1.82, 2.24) is 15.3 Å². The Kier molecular flexibility index (Phi) is 7.66. The van der Waals surface area contributed by atoms with Crippen molar-refractivity contribution in [3.8, 4) is 0 Å². The molecule has 0 bridgehead atoms. The van der Waals surface area contributed by atoms with Crippen molar-refractivity contribution in [1.29, 1.82) is 0 Å². The van der Waals surface area contributed by atoms with Gasteiger partial charge >= 0.3 is 0 Å². The molecule has 1 aromatic heterocycles. The maximum Gasteiger partial charge on any atom is 0.273 e. The molecule has 2 atom stereocenters. The van der Waals surface area contributed by atoms with Gasteiger partial charge in [0, 0.05) is 18.4 Å². The Balaban J connectivity index is 0.00000162. The number of amides is 1. The summed E-state index contributed by atoms with van der Waals surface area (Å²) >= 11 is 0. The van der Waals surface area contributed by atoms with E-state index in [4.69, 9.17) is 11.5 Å². The molecule has 6 nitrogen and oxygen atoms in total. The fourth-order valence-corrected chi connectivity index (χ4v) is 2.27. The number of nitrogens with zero attached hydrogens (tertiary/aromatic N) is 2. The molecule has 0 aromatic carbocycles. The average molecular weight is 308 g/mol. The Hall–Kier alpha value is -1.11. The van der Waals surface area contributed by atoms with Gasteiger partial charge in [-0.2, -0.15) is 0 Å². The van der Waals surface area contributed by atoms with Crippen LogP contribution in [0.25, 0.3) is 0 Å². The summed E-state index contributed by atoms with van der Waals surface area (Å²) in [4.78, 5) is 19.7. The molecule has 2 unspecified atom stereocenters. The van der Waals surface area contributed by atoms with Crippen molar-refractivity contribution in [2.45, 2.75) is 25.3 Å². The number of nitrogens with two attached hydrogens (primary N) is 2. The smallest absolute Gasteiger partial charge is 0.273 e. The number of nitrogen functional groups attached to an aromatic ring is 1. The van der Waals surface area contributed by atoms with Gasteiger partial charge in [-0.3, -0.25) is 4.79 Å². The van der Waals surface area contributed by atoms with Crippen LogP contribution < -0.4 is 16.8 Å². The number of carbonyl (C=O) groups is 1. The monoisotopic (exact) mass is 307 g/mol. The van der Waals surface area contributed by atoms with Crippen LogP contribution in [0.3, 0.4) is 0 Å². The minimum absolute atomic E-state index is 0. The Morgan fingerprint density at radius 3 is 2.63 bits per heavy atom. The van der Waals surface area contributed by atoms with Gasteiger partial charge in [0.2, 0.25) is 0 Å². The molecule has 1 aromatic rings. The molecule has 2 rings (SSSR count). The van der Waals surface area contributed by atoms with Crippen molar-refractivity contribution in [3.05, 3.63) is 18.1 Å². The number of anilines is 1. The van der Waals surface area contributed by atoms with Crippen LogP contribution in [-0.2, 0) is 0 Å². The van der Waals surface area contributed by atoms with E-state index in [1.807, 2.05) is 0 Å². The van der Waals surface area contributed by atoms with Crippen molar-refractivity contribution in [2.24, 2.45) is 11.7 Å². The third kappa shape index (κ3) is 4.19. The topological polar surface area (TPSA) is 107 Å². The number of nitrogens with one attached hydrogen (secondary N) is 1. The lowest BCUT2D eigenvalue weighted by molar-refractivity contribution is 0.0924. The number of hydrogen-bond acceptors (Lipinski definition) is 5. The lowest BCUT2D eigenvalue weighted by atomic mass is 10.0. The van der Waals surface area contributed by atoms with Crippen LogP contribution in [0, 0.1) is 5.92 Å². The summed E-state index contributed by atoms with van der Waals surface area (Å²) < 4.78 is 0. The second kappa shape index (κ2) is 8.14. The van der Waals surface area contributed by atoms with Crippen molar-refractivity contribution in [3.63, 3.8) is 0 Å². The van der Waals surface area contributed by atoms with Gasteiger partial charge < -0.3 is 16.8 Å². The molecule has 19 heavy (non-hydrogen) atoms. The second-order valence-electron chi connectivity index (χ2n) is 4.30. The fraction of sp³-hybridized carbons (Fsp3) is 0.545. The highest BCUT2D eigenvalue weighted by Crippen LogP contribution is 2.24. The maximum atomic E-state index is 11.9. The first kappa shape index (κ1) is 17.9. The van der Waals surface area contributed by atoms with E-state index >= 15 is 0 Å². The molecule has 1 amide bonds. The highest BCUT2D eigenvalue weighted by atomic mass is 35.5. The Labute approximate surface area is 124 Å². The first-order valence-electron chi connectivity index (χ1n) is 5.79. The molecule has 1 aliphatic carbocycles. The molecule has 8 heteroatoms. The van der Waals surface area contributed by atoms with Gasteiger partial charge in [0.05, 0.1) is 0 Å². The van der Waals surface area contributed by atoms with Crippen LogP contribution in [-0.4, -0.2) is 28.5 Å². The van der Waals surface area contributed by atoms with Crippen LogP contribution in [0.1, 0.15) is 29.8 Å². The highest BCUT2D eigenvalue weighted by molar-refractivity contribution is 5.96. The Bertz CT molecular complexity index is 418. The van der Waals surface area contributed by atoms with E-state index in [0.717, 1.165) is 19.3 Å². The molecular formula is C11H19Cl2N5O. The molecule has 1 heterocycles. The van der Waals surface area contributed by atoms with E-state index in [1.165, 1.54) is 12.4 Å². The zero-order valence-corrected chi connectivity index (χ0v) is 12.0. The predicted octanol–water partition coefficient (Wildman–Crippen LogP) is 0.760. The molecular weight excluding hydrogens is 289 g/mol. The summed E-state index contributed by atoms with van der Waals surface area (Å²) in [5, 5.41) is 2.94. The number of halogens is 2. The lowest BCUT2D eigenvalue weighted by Gasteiger charge is -2.19. The largest absolute Gasteiger partial charge is 0.382 e. The van der Waals surface area contributed by atoms with Gasteiger partial charge in [-0.15, -0.1) is 24.8 Å². The van der Waals surface area contributed by atoms with E-state index in [1.54, 1.807) is 0 Å². The highest BCUT2D eigenvalue weighted by Gasteiger charge is 2.28. The van der Waals surface area contributed by atoms with Gasteiger partial charge in [-0.25, -0.2) is 9.97 Å². The summed E-state index contributed by atoms with van der Waals surface area (Å²) in [5.41, 5.74) is 11.5. The summed E-state index contributed by atoms with van der Waals surface area (Å²) in [6.07, 6.45) is 6.05. The Morgan fingerprint density at radius 1 is 1.32 bits per heavy atom. The van der Waals surface area contributed by atoms with E-state index in [9.17, 15) is 4.79 Å². The number of carbonyl (C=O) groups excluding carboxylic acids is 1. The number of rotatable bonds is 3. The predicted molar refractivity (Wildman–Crippen MR) is 78.6 cm³/mol. The van der Waals surface area contributed by atoms with Gasteiger partial charge in [-0.1, -0.05) is 6.42 Å². The van der Waals surface area contributed by atoms with Gasteiger partial charge in [-0.05, 0) is 25.3 Å². The fourth-order valence-electron chi connectivity index (χ4n) is 2.27. The number of hydrogen-bond donors (Lipinski definition) is 3. The molecule has 0 spiro atoms. The van der Waals surface area contributed by atoms with Crippen LogP contribution in [0.15, 0.2) is 12.4 Å². The third-order valence-electron chi connectivity index (χ3n) is 3.22. The maximum absolute atomic E-state index is 11.9. The second-order valence-corrected chi connectivity index (χ2v) is 4.30. The SMILES string of the molecule is Cl.Cl.NCC1CCCC1NC(=O)c1nccnc1N. The molecule has 5 N–H and O–H groups in total. The van der Waals surface area contributed by atoms with Crippen molar-refractivity contribution in [2.75, 3.05) is 12.3 Å². The zero-order valence-electron chi connectivity index (χ0n) is 10.4. The molecule has 0 saturated heterocycles. The molecule has 1 fully saturated rings. The molecule has 1 aliphatic rings. The van der Waals surface area contributed by atoms with Crippen LogP contribution in [0.4, 0.5) is 5.82 Å². The van der Waals surface area contributed by atoms with Crippen molar-refractivity contribution >= 4 is 36.5 Å². The Morgan fingerprint density at radius 2 is 2.00 bits per heavy atom. The summed E-state index contributed by atoms with van der Waals surface area (Å²) in [6.45, 7) is 0.598. The van der Waals surface area contributed by atoms with Crippen molar-refractivity contribution < 1.29 is 4.79 Å². The standard InChI is InChI=1S/C11H17N5O.2ClH/c12-6-7-2-1-3-8(7)16-11(17)9-10(13)15-5-4-14-9;;/h4-5,7-8H,1-3,6,12H2,(H2,13,15)(H,16,17);2*1H. The summed E-state index contributed by atoms with van der Waals surface area (Å²) in [6, 6.07) is 0.133. The molecule has 108 valence electrons. The minimum Gasteiger partial charge on any atom is -0.382 e. The lowest BCUT2D eigenvalue weighted by Crippen LogP contribution is -2.40. The average Bonchev–Trinajstić information content (AvgIpc) is 2.76. The quantitative estimate of drug-likeness (QED) is 0.764. The first-order valence-corrected chi connectivity index (χ1v) is 5.79. The normalized spacial score (nSPS) is 21.1. The summed E-state index contributed by atoms with van der Waals surface area (Å²) in [5.74, 6) is 0.255. The van der Waals surface area contributed by atoms with E-state index in [2.05, 4.69) is 15.3 Å². The van der Waals surface area contributed by atoms with Gasteiger partial charge in [0.15, 0.2) is 11.5 Å². The molecule has 1 saturated carbocycles. The van der Waals surface area contributed by atoms with Gasteiger partial charge in [0.25, 0.3) is 5.91 Å².